The first-order chi connectivity index (χ1) is 28.6. The van der Waals surface area contributed by atoms with Gasteiger partial charge in [-0.2, -0.15) is 4.39 Å². The molecule has 0 radical (unpaired) electrons. The Labute approximate surface area is 339 Å². The van der Waals surface area contributed by atoms with E-state index in [0.717, 1.165) is 12.4 Å². The van der Waals surface area contributed by atoms with Gasteiger partial charge in [0.1, 0.15) is 22.4 Å². The number of esters is 2. The van der Waals surface area contributed by atoms with E-state index < -0.39 is 92.4 Å². The van der Waals surface area contributed by atoms with Crippen molar-refractivity contribution < 1.29 is 79.8 Å². The third kappa shape index (κ3) is 9.73. The Morgan fingerprint density at radius 2 is 1.38 bits per heavy atom. The van der Waals surface area contributed by atoms with Crippen LogP contribution in [0.1, 0.15) is 55.3 Å². The zero-order valence-corrected chi connectivity index (χ0v) is 31.9. The molecule has 6 rings (SSSR count). The van der Waals surface area contributed by atoms with Crippen LogP contribution in [0.3, 0.4) is 0 Å². The molecule has 0 aliphatic carbocycles. The summed E-state index contributed by atoms with van der Waals surface area (Å²) < 4.78 is 97.5. The SMILES string of the molecule is CCOC(=O)/C(=C\N(C)C)C(=O)c1cc(F)c(F)c(F)c1F.CCOC(=O)c1cn2c3c(c(F)c(F)cc3c1=O)Oc1ccc(C(=O)O)cc1-2.Nc1cc(C(=O)O)ccc1O. The quantitative estimate of drug-likeness (QED) is 0.0119. The lowest BCUT2D eigenvalue weighted by molar-refractivity contribution is -0.138. The van der Waals surface area contributed by atoms with Crippen LogP contribution in [0.2, 0.25) is 0 Å². The number of fused-ring (bicyclic) bond motifs is 2. The molecule has 5 aromatic rings. The second kappa shape index (κ2) is 18.8. The van der Waals surface area contributed by atoms with Crippen LogP contribution >= 0.6 is 0 Å². The Balaban J connectivity index is 0.000000221. The number of carboxylic acids is 2. The van der Waals surface area contributed by atoms with Crippen molar-refractivity contribution in [2.75, 3.05) is 33.0 Å². The molecule has 320 valence electrons. The summed E-state index contributed by atoms with van der Waals surface area (Å²) in [5.41, 5.74) is 2.32. The first-order valence-electron chi connectivity index (χ1n) is 17.2. The topological polar surface area (TPSA) is 225 Å². The van der Waals surface area contributed by atoms with Crippen molar-refractivity contribution in [1.29, 1.82) is 0 Å². The minimum absolute atomic E-state index is 0.00218. The number of nitrogen functional groups attached to an aromatic ring is 1. The van der Waals surface area contributed by atoms with Crippen LogP contribution in [-0.2, 0) is 14.3 Å². The maximum absolute atomic E-state index is 14.4. The molecule has 1 aliphatic rings. The molecule has 5 N–H and O–H groups in total. The number of aromatic nitrogens is 1. The summed E-state index contributed by atoms with van der Waals surface area (Å²) in [7, 11) is 2.93. The highest BCUT2D eigenvalue weighted by molar-refractivity contribution is 6.24. The van der Waals surface area contributed by atoms with Gasteiger partial charge in [-0.25, -0.2) is 41.1 Å². The number of anilines is 1. The molecule has 2 heterocycles. The van der Waals surface area contributed by atoms with E-state index in [1.54, 1.807) is 6.92 Å². The number of rotatable bonds is 9. The van der Waals surface area contributed by atoms with Gasteiger partial charge in [-0.3, -0.25) is 9.59 Å². The fourth-order valence-corrected chi connectivity index (χ4v) is 5.32. The van der Waals surface area contributed by atoms with Gasteiger partial charge in [0.05, 0.1) is 46.7 Å². The van der Waals surface area contributed by atoms with E-state index >= 15 is 0 Å². The average Bonchev–Trinajstić information content (AvgIpc) is 3.21. The number of ether oxygens (including phenoxy) is 3. The zero-order valence-electron chi connectivity index (χ0n) is 31.9. The van der Waals surface area contributed by atoms with Crippen molar-refractivity contribution in [2.24, 2.45) is 0 Å². The number of aromatic carboxylic acids is 2. The molecule has 1 aromatic heterocycles. The number of halogens is 6. The van der Waals surface area contributed by atoms with Gasteiger partial charge in [0, 0.05) is 26.5 Å². The molecule has 0 bridgehead atoms. The van der Waals surface area contributed by atoms with Crippen LogP contribution in [0.15, 0.2) is 71.3 Å². The Bertz CT molecular complexity index is 2720. The summed E-state index contributed by atoms with van der Waals surface area (Å²) in [6, 6.07) is 8.35. The summed E-state index contributed by atoms with van der Waals surface area (Å²) in [4.78, 5) is 71.7. The van der Waals surface area contributed by atoms with Crippen molar-refractivity contribution in [1.82, 2.24) is 9.47 Å². The smallest absolute Gasteiger partial charge is 0.343 e. The van der Waals surface area contributed by atoms with Gasteiger partial charge < -0.3 is 44.7 Å². The molecule has 15 nitrogen and oxygen atoms in total. The van der Waals surface area contributed by atoms with Crippen molar-refractivity contribution in [2.45, 2.75) is 13.8 Å². The van der Waals surface area contributed by atoms with Crippen LogP contribution in [0.25, 0.3) is 16.6 Å². The second-order valence-corrected chi connectivity index (χ2v) is 12.4. The van der Waals surface area contributed by atoms with Crippen LogP contribution in [0.4, 0.5) is 32.0 Å². The van der Waals surface area contributed by atoms with Crippen LogP contribution < -0.4 is 15.9 Å². The normalized spacial score (nSPS) is 11.1. The molecule has 0 amide bonds. The Morgan fingerprint density at radius 3 is 1.95 bits per heavy atom. The van der Waals surface area contributed by atoms with Gasteiger partial charge in [0.25, 0.3) is 0 Å². The molecule has 4 aromatic carbocycles. The largest absolute Gasteiger partial charge is 0.506 e. The molecule has 0 saturated carbocycles. The molecule has 61 heavy (non-hydrogen) atoms. The van der Waals surface area contributed by atoms with Crippen molar-refractivity contribution in [3.8, 4) is 22.9 Å². The van der Waals surface area contributed by atoms with Gasteiger partial charge in [0.15, 0.2) is 40.6 Å². The number of nitrogens with two attached hydrogens (primary N) is 1. The summed E-state index contributed by atoms with van der Waals surface area (Å²) in [5.74, 6) is -16.6. The summed E-state index contributed by atoms with van der Waals surface area (Å²) in [6.45, 7) is 2.97. The predicted octanol–water partition coefficient (Wildman–Crippen LogP) is 6.36. The molecule has 1 aliphatic heterocycles. The Morgan fingerprint density at radius 1 is 0.787 bits per heavy atom. The highest BCUT2D eigenvalue weighted by Gasteiger charge is 2.31. The zero-order chi connectivity index (χ0) is 45.6. The number of Topliss-reactive ketones (excluding diaryl/α,β-unsaturated/α-hetero) is 1. The summed E-state index contributed by atoms with van der Waals surface area (Å²) >= 11 is 0. The van der Waals surface area contributed by atoms with Crippen molar-refractivity contribution in [3.63, 3.8) is 0 Å². The fourth-order valence-electron chi connectivity index (χ4n) is 5.32. The van der Waals surface area contributed by atoms with Crippen molar-refractivity contribution in [3.05, 3.63) is 134 Å². The molecule has 0 fully saturated rings. The molecule has 0 unspecified atom stereocenters. The number of phenols is 1. The minimum atomic E-state index is -2.13. The Hall–Kier alpha value is -7.84. The van der Waals surface area contributed by atoms with Gasteiger partial charge in [-0.15, -0.1) is 0 Å². The van der Waals surface area contributed by atoms with Crippen LogP contribution in [0.5, 0.6) is 17.2 Å². The first-order valence-corrected chi connectivity index (χ1v) is 17.2. The molecule has 0 atom stereocenters. The van der Waals surface area contributed by atoms with E-state index in [0.29, 0.717) is 6.07 Å². The summed E-state index contributed by atoms with van der Waals surface area (Å²) in [5, 5.41) is 26.3. The standard InChI is InChI=1S/C19H11F2NO6.C14H13F4NO3.C7H7NO3/c1-2-27-19(26)10-7-22-12-5-8(18(24)25)3-4-13(12)28-17-14(21)11(20)6-9(15(17)22)16(10)23;1-4-22-14(21)8(6-19(2)3)13(20)7-5-9(15)11(17)12(18)10(7)16;8-5-3-4(7(10)11)1-2-6(5)9/h3-7H,2H2,1H3,(H,24,25);5-6H,4H2,1-3H3;1-3,9H,8H2,(H,10,11)/b;8-6-;. The predicted molar refractivity (Wildman–Crippen MR) is 201 cm³/mol. The Kier molecular flexibility index (Phi) is 14.2. The van der Waals surface area contributed by atoms with Gasteiger partial charge in [-0.1, -0.05) is 0 Å². The lowest BCUT2D eigenvalue weighted by atomic mass is 10.0. The van der Waals surface area contributed by atoms with Crippen molar-refractivity contribution >= 4 is 46.3 Å². The minimum Gasteiger partial charge on any atom is -0.506 e. The lowest BCUT2D eigenvalue weighted by Crippen LogP contribution is -2.22. The number of phenolic OH excluding ortho intramolecular Hbond substituents is 1. The van der Waals surface area contributed by atoms with E-state index in [-0.39, 0.29) is 64.2 Å². The monoisotopic (exact) mass is 859 g/mol. The van der Waals surface area contributed by atoms with Gasteiger partial charge >= 0.3 is 23.9 Å². The van der Waals surface area contributed by atoms with E-state index in [2.05, 4.69) is 4.74 Å². The number of carbonyl (C=O) groups is 5. The summed E-state index contributed by atoms with van der Waals surface area (Å²) in [6.07, 6.45) is 2.12. The van der Waals surface area contributed by atoms with E-state index in [1.165, 1.54) is 66.9 Å². The van der Waals surface area contributed by atoms with E-state index in [1.807, 2.05) is 0 Å². The van der Waals surface area contributed by atoms with E-state index in [4.69, 9.17) is 25.4 Å². The fraction of sp³-hybridized carbons (Fsp3) is 0.150. The molecule has 0 spiro atoms. The molecule has 21 heteroatoms. The lowest BCUT2D eigenvalue weighted by Gasteiger charge is -2.24. The van der Waals surface area contributed by atoms with Gasteiger partial charge in [-0.05, 0) is 62.4 Å². The maximum atomic E-state index is 14.4. The number of nitrogens with zero attached hydrogens (tertiary/aromatic N) is 2. The highest BCUT2D eigenvalue weighted by atomic mass is 19.2. The number of ketones is 1. The molecular formula is C40H31F6N3O12. The number of aromatic hydroxyl groups is 1. The second-order valence-electron chi connectivity index (χ2n) is 12.4. The number of carboxylic acid groups (broad SMARTS) is 2. The number of hydrogen-bond donors (Lipinski definition) is 4. The van der Waals surface area contributed by atoms with Gasteiger partial charge in [0.2, 0.25) is 17.0 Å². The number of benzene rings is 4. The third-order valence-electron chi connectivity index (χ3n) is 8.06. The first kappa shape index (κ1) is 45.9. The number of carbonyl (C=O) groups excluding carboxylic acids is 3. The highest BCUT2D eigenvalue weighted by Crippen LogP contribution is 2.42. The average molecular weight is 860 g/mol. The van der Waals surface area contributed by atoms with Crippen LogP contribution in [0, 0.1) is 34.9 Å². The number of pyridine rings is 1. The third-order valence-corrected chi connectivity index (χ3v) is 8.06. The van der Waals surface area contributed by atoms with E-state index in [9.17, 15) is 60.2 Å². The molecule has 0 saturated heterocycles. The maximum Gasteiger partial charge on any atom is 0.343 e. The van der Waals surface area contributed by atoms with Crippen LogP contribution in [-0.4, -0.2) is 81.8 Å². The molecular weight excluding hydrogens is 828 g/mol. The number of hydrogen-bond acceptors (Lipinski definition) is 12.